The van der Waals surface area contributed by atoms with E-state index in [-0.39, 0.29) is 17.9 Å². The minimum atomic E-state index is -0.335. The first-order valence-electron chi connectivity index (χ1n) is 11.8. The van der Waals surface area contributed by atoms with E-state index in [0.717, 1.165) is 23.2 Å². The molecule has 11 heteroatoms. The van der Waals surface area contributed by atoms with Crippen LogP contribution in [0.4, 0.5) is 5.82 Å². The fourth-order valence-electron chi connectivity index (χ4n) is 4.19. The topological polar surface area (TPSA) is 128 Å². The molecule has 0 spiro atoms. The quantitative estimate of drug-likeness (QED) is 0.391. The van der Waals surface area contributed by atoms with Crippen molar-refractivity contribution in [1.29, 1.82) is 0 Å². The minimum absolute atomic E-state index is 0.0850. The number of hydrogen-bond acceptors (Lipinski definition) is 7. The van der Waals surface area contributed by atoms with E-state index in [1.54, 1.807) is 36.7 Å². The molecule has 186 valence electrons. The van der Waals surface area contributed by atoms with Crippen molar-refractivity contribution in [1.82, 2.24) is 35.5 Å². The fraction of sp³-hybridized carbons (Fsp3) is 0.192. The lowest BCUT2D eigenvalue weighted by molar-refractivity contribution is -0.118. The Kier molecular flexibility index (Phi) is 7.27. The second-order valence-corrected chi connectivity index (χ2v) is 8.95. The Morgan fingerprint density at radius 2 is 2.05 bits per heavy atom. The molecule has 5 rings (SSSR count). The third kappa shape index (κ3) is 5.87. The number of carbonyl (C=O) groups is 2. The summed E-state index contributed by atoms with van der Waals surface area (Å²) in [6.45, 7) is 0. The highest BCUT2D eigenvalue weighted by molar-refractivity contribution is 6.30. The third-order valence-corrected chi connectivity index (χ3v) is 6.21. The average Bonchev–Trinajstić information content (AvgIpc) is 3.44. The van der Waals surface area contributed by atoms with Crippen molar-refractivity contribution in [3.05, 3.63) is 83.5 Å². The third-order valence-electron chi connectivity index (χ3n) is 5.98. The molecule has 4 heterocycles. The van der Waals surface area contributed by atoms with E-state index in [0.29, 0.717) is 41.4 Å². The molecule has 2 N–H and O–H groups in total. The number of amides is 2. The van der Waals surface area contributed by atoms with E-state index in [2.05, 4.69) is 36.1 Å². The molecule has 37 heavy (non-hydrogen) atoms. The number of nitrogens with one attached hydrogen (secondary N) is 2. The van der Waals surface area contributed by atoms with E-state index < -0.39 is 0 Å². The average molecular weight is 515 g/mol. The van der Waals surface area contributed by atoms with Crippen molar-refractivity contribution in [2.75, 3.05) is 5.32 Å². The Labute approximate surface area is 217 Å². The van der Waals surface area contributed by atoms with Gasteiger partial charge in [0.25, 0.3) is 0 Å². The van der Waals surface area contributed by atoms with Crippen LogP contribution in [-0.4, -0.2) is 42.0 Å². The van der Waals surface area contributed by atoms with Crippen LogP contribution >= 0.6 is 11.6 Å². The van der Waals surface area contributed by atoms with Crippen LogP contribution < -0.4 is 10.6 Å². The molecule has 2 amide bonds. The molecule has 1 aliphatic heterocycles. The van der Waals surface area contributed by atoms with Gasteiger partial charge in [-0.15, -0.1) is 5.10 Å². The molecule has 0 saturated carbocycles. The number of tetrazole rings is 1. The Morgan fingerprint density at radius 3 is 2.92 bits per heavy atom. The largest absolute Gasteiger partial charge is 0.344 e. The lowest BCUT2D eigenvalue weighted by Gasteiger charge is -2.20. The molecule has 0 radical (unpaired) electrons. The molecule has 1 aliphatic rings. The summed E-state index contributed by atoms with van der Waals surface area (Å²) in [6, 6.07) is 12.4. The zero-order valence-corrected chi connectivity index (χ0v) is 20.5. The van der Waals surface area contributed by atoms with Crippen LogP contribution in [0.1, 0.15) is 43.0 Å². The summed E-state index contributed by atoms with van der Waals surface area (Å²) >= 11 is 6.18. The molecule has 0 fully saturated rings. The molecule has 0 aliphatic carbocycles. The van der Waals surface area contributed by atoms with Gasteiger partial charge in [0.05, 0.1) is 17.4 Å². The van der Waals surface area contributed by atoms with E-state index in [9.17, 15) is 9.59 Å². The number of hydrogen-bond donors (Lipinski definition) is 2. The molecular formula is C26H23ClN8O2. The Hall–Kier alpha value is -4.44. The maximum Gasteiger partial charge on any atom is 0.244 e. The molecule has 1 atom stereocenters. The maximum absolute atomic E-state index is 13.0. The second kappa shape index (κ2) is 11.1. The highest BCUT2D eigenvalue weighted by Crippen LogP contribution is 2.29. The van der Waals surface area contributed by atoms with Gasteiger partial charge in [-0.25, -0.2) is 4.98 Å². The summed E-state index contributed by atoms with van der Waals surface area (Å²) in [5, 5.41) is 17.8. The number of pyridine rings is 2. The molecule has 10 nitrogen and oxygen atoms in total. The van der Waals surface area contributed by atoms with Crippen molar-refractivity contribution < 1.29 is 9.59 Å². The predicted molar refractivity (Wildman–Crippen MR) is 139 cm³/mol. The summed E-state index contributed by atoms with van der Waals surface area (Å²) in [5.74, 6) is 0.138. The molecule has 2 bridgehead atoms. The molecular weight excluding hydrogens is 492 g/mol. The number of benzene rings is 1. The van der Waals surface area contributed by atoms with Crippen molar-refractivity contribution in [2.24, 2.45) is 0 Å². The highest BCUT2D eigenvalue weighted by Gasteiger charge is 2.19. The zero-order valence-electron chi connectivity index (χ0n) is 19.7. The summed E-state index contributed by atoms with van der Waals surface area (Å²) in [6.07, 6.45) is 10.4. The number of carbonyl (C=O) groups excluding carboxylic acids is 2. The van der Waals surface area contributed by atoms with Crippen LogP contribution in [-0.2, 0) is 9.59 Å². The Bertz CT molecular complexity index is 1450. The highest BCUT2D eigenvalue weighted by atomic mass is 35.5. The van der Waals surface area contributed by atoms with Gasteiger partial charge in [0.1, 0.15) is 12.1 Å². The zero-order chi connectivity index (χ0) is 25.6. The lowest BCUT2D eigenvalue weighted by atomic mass is 9.99. The predicted octanol–water partition coefficient (Wildman–Crippen LogP) is 4.16. The summed E-state index contributed by atoms with van der Waals surface area (Å²) in [7, 11) is 0. The first-order valence-corrected chi connectivity index (χ1v) is 12.2. The first kappa shape index (κ1) is 24.3. The lowest BCUT2D eigenvalue weighted by Crippen LogP contribution is -2.28. The van der Waals surface area contributed by atoms with Gasteiger partial charge >= 0.3 is 0 Å². The molecule has 3 aromatic heterocycles. The number of rotatable bonds is 4. The second-order valence-electron chi connectivity index (χ2n) is 8.51. The standard InChI is InChI=1S/C26H23ClN8O2/c27-19-8-9-23(35-16-30-33-34-35)18(14-19)7-10-25(37)31-21-5-1-2-6-24(36)32-26-20(4-3-12-29-26)17-11-13-28-22(21)15-17/h3-4,7-16,21H,1-2,5-6H2,(H,31,37)(H,29,32,36)/b10-7+/t21-/m0/s1. The van der Waals surface area contributed by atoms with Gasteiger partial charge in [0.2, 0.25) is 11.8 Å². The van der Waals surface area contributed by atoms with Crippen molar-refractivity contribution in [3.8, 4) is 16.8 Å². The molecule has 0 unspecified atom stereocenters. The van der Waals surface area contributed by atoms with Gasteiger partial charge < -0.3 is 10.6 Å². The smallest absolute Gasteiger partial charge is 0.244 e. The van der Waals surface area contributed by atoms with Crippen molar-refractivity contribution in [2.45, 2.75) is 31.7 Å². The van der Waals surface area contributed by atoms with Gasteiger partial charge in [-0.2, -0.15) is 4.68 Å². The van der Waals surface area contributed by atoms with Crippen LogP contribution in [0, 0.1) is 0 Å². The van der Waals surface area contributed by atoms with Crippen LogP contribution in [0.5, 0.6) is 0 Å². The van der Waals surface area contributed by atoms with Crippen molar-refractivity contribution >= 4 is 35.3 Å². The van der Waals surface area contributed by atoms with Crippen LogP contribution in [0.15, 0.2) is 67.3 Å². The first-order chi connectivity index (χ1) is 18.1. The number of nitrogens with zero attached hydrogens (tertiary/aromatic N) is 6. The number of halogens is 1. The van der Waals surface area contributed by atoms with E-state index in [1.165, 1.54) is 17.1 Å². The van der Waals surface area contributed by atoms with E-state index in [4.69, 9.17) is 11.6 Å². The van der Waals surface area contributed by atoms with E-state index in [1.807, 2.05) is 24.3 Å². The van der Waals surface area contributed by atoms with Crippen LogP contribution in [0.25, 0.3) is 22.9 Å². The van der Waals surface area contributed by atoms with Crippen molar-refractivity contribution in [3.63, 3.8) is 0 Å². The fourth-order valence-corrected chi connectivity index (χ4v) is 4.37. The number of anilines is 1. The van der Waals surface area contributed by atoms with Gasteiger partial charge in [-0.05, 0) is 77.4 Å². The minimum Gasteiger partial charge on any atom is -0.344 e. The van der Waals surface area contributed by atoms with Gasteiger partial charge in [-0.1, -0.05) is 18.0 Å². The van der Waals surface area contributed by atoms with Crippen LogP contribution in [0.2, 0.25) is 5.02 Å². The SMILES string of the molecule is O=C(/C=C/c1cc(Cl)ccc1-n1cnnn1)N[C@H]1CCCCC(=O)Nc2ncccc2-c2ccnc1c2. The Balaban J connectivity index is 1.41. The van der Waals surface area contributed by atoms with Gasteiger partial charge in [0.15, 0.2) is 0 Å². The van der Waals surface area contributed by atoms with Crippen LogP contribution in [0.3, 0.4) is 0 Å². The normalized spacial score (nSPS) is 15.8. The van der Waals surface area contributed by atoms with Gasteiger partial charge in [-0.3, -0.25) is 14.6 Å². The number of aromatic nitrogens is 6. The molecule has 1 aromatic carbocycles. The Morgan fingerprint density at radius 1 is 1.14 bits per heavy atom. The molecule has 0 saturated heterocycles. The summed E-state index contributed by atoms with van der Waals surface area (Å²) in [5.41, 5.74) is 3.75. The summed E-state index contributed by atoms with van der Waals surface area (Å²) < 4.78 is 1.50. The van der Waals surface area contributed by atoms with E-state index >= 15 is 0 Å². The number of fused-ring (bicyclic) bond motifs is 4. The maximum atomic E-state index is 13.0. The molecule has 4 aromatic rings. The monoisotopic (exact) mass is 514 g/mol. The summed E-state index contributed by atoms with van der Waals surface area (Å²) in [4.78, 5) is 34.3. The van der Waals surface area contributed by atoms with Gasteiger partial charge in [0, 0.05) is 41.0 Å².